The number of hydrogen-bond acceptors (Lipinski definition) is 6. The van der Waals surface area contributed by atoms with E-state index >= 15 is 0 Å². The van der Waals surface area contributed by atoms with Gasteiger partial charge in [0.1, 0.15) is 18.1 Å². The molecule has 0 aromatic heterocycles. The van der Waals surface area contributed by atoms with E-state index in [1.807, 2.05) is 42.5 Å². The van der Waals surface area contributed by atoms with Crippen molar-refractivity contribution >= 4 is 17.3 Å². The van der Waals surface area contributed by atoms with Crippen molar-refractivity contribution in [2.45, 2.75) is 57.2 Å². The Morgan fingerprint density at radius 1 is 1.02 bits per heavy atom. The van der Waals surface area contributed by atoms with Gasteiger partial charge in [0.2, 0.25) is 5.91 Å². The molecule has 1 heterocycles. The molecule has 1 amide bonds. The lowest BCUT2D eigenvalue weighted by molar-refractivity contribution is -0.116. The summed E-state index contributed by atoms with van der Waals surface area (Å²) in [4.78, 5) is 15.0. The van der Waals surface area contributed by atoms with E-state index in [1.54, 1.807) is 14.2 Å². The third-order valence-corrected chi connectivity index (χ3v) is 8.50. The smallest absolute Gasteiger partial charge is 0.224 e. The molecule has 1 saturated carbocycles. The Hall–Kier alpha value is -3.55. The Labute approximate surface area is 250 Å². The molecular weight excluding hydrogens is 528 g/mol. The lowest BCUT2D eigenvalue weighted by Gasteiger charge is -2.37. The van der Waals surface area contributed by atoms with Crippen LogP contribution in [0.5, 0.6) is 11.5 Å². The van der Waals surface area contributed by atoms with Gasteiger partial charge in [-0.3, -0.25) is 4.79 Å². The lowest BCUT2D eigenvalue weighted by atomic mass is 9.74. The topological polar surface area (TPSA) is 69.3 Å². The zero-order chi connectivity index (χ0) is 29.1. The Morgan fingerprint density at radius 2 is 1.86 bits per heavy atom. The molecule has 0 radical (unpaired) electrons. The molecule has 1 N–H and O–H groups in total. The number of nitrogens with one attached hydrogen (secondary N) is 1. The summed E-state index contributed by atoms with van der Waals surface area (Å²) in [6, 6.07) is 24.5. The molecule has 3 aromatic carbocycles. The molecule has 0 unspecified atom stereocenters. The minimum absolute atomic E-state index is 0.0771. The first-order chi connectivity index (χ1) is 20.6. The summed E-state index contributed by atoms with van der Waals surface area (Å²) < 4.78 is 23.3. The zero-order valence-corrected chi connectivity index (χ0v) is 24.9. The van der Waals surface area contributed by atoms with Crippen LogP contribution in [0.1, 0.15) is 55.6 Å². The molecule has 2 aliphatic rings. The number of benzene rings is 3. The van der Waals surface area contributed by atoms with Crippen LogP contribution >= 0.6 is 0 Å². The molecule has 42 heavy (non-hydrogen) atoms. The first-order valence-electron chi connectivity index (χ1n) is 15.2. The molecule has 3 aromatic rings. The molecule has 1 fully saturated rings. The Morgan fingerprint density at radius 3 is 2.64 bits per heavy atom. The van der Waals surface area contributed by atoms with Gasteiger partial charge in [-0.2, -0.15) is 0 Å². The largest absolute Gasteiger partial charge is 0.497 e. The highest BCUT2D eigenvalue weighted by Gasteiger charge is 2.33. The van der Waals surface area contributed by atoms with E-state index in [4.69, 9.17) is 18.9 Å². The maximum absolute atomic E-state index is 12.6. The van der Waals surface area contributed by atoms with Gasteiger partial charge in [0, 0.05) is 38.3 Å². The predicted octanol–water partition coefficient (Wildman–Crippen LogP) is 6.82. The summed E-state index contributed by atoms with van der Waals surface area (Å²) in [5.74, 6) is 2.61. The van der Waals surface area contributed by atoms with Gasteiger partial charge in [0.15, 0.2) is 0 Å². The average Bonchev–Trinajstić information content (AvgIpc) is 3.03. The molecule has 0 spiro atoms. The van der Waals surface area contributed by atoms with Gasteiger partial charge in [0.25, 0.3) is 0 Å². The summed E-state index contributed by atoms with van der Waals surface area (Å²) >= 11 is 0. The Kier molecular flexibility index (Phi) is 10.7. The van der Waals surface area contributed by atoms with E-state index < -0.39 is 0 Å². The SMILES string of the molecule is COCCCN1CCOc2ccc(CO[C@H]3CC[C@H](CCC(=O)Nc4ccccc4)C[C@@H]3c3ccc(OC)cc3)cc21. The molecule has 1 aliphatic heterocycles. The molecule has 0 saturated heterocycles. The zero-order valence-electron chi connectivity index (χ0n) is 24.9. The summed E-state index contributed by atoms with van der Waals surface area (Å²) in [5.41, 5.74) is 4.41. The van der Waals surface area contributed by atoms with E-state index in [9.17, 15) is 4.79 Å². The highest BCUT2D eigenvalue weighted by atomic mass is 16.5. The maximum atomic E-state index is 12.6. The number of anilines is 2. The fraction of sp³-hybridized carbons (Fsp3) is 0.457. The van der Waals surface area contributed by atoms with Gasteiger partial charge in [-0.1, -0.05) is 36.4 Å². The summed E-state index contributed by atoms with van der Waals surface area (Å²) in [5, 5.41) is 3.03. The highest BCUT2D eigenvalue weighted by Crippen LogP contribution is 2.41. The number of amides is 1. The maximum Gasteiger partial charge on any atom is 0.224 e. The highest BCUT2D eigenvalue weighted by molar-refractivity contribution is 5.90. The van der Waals surface area contributed by atoms with E-state index in [0.29, 0.717) is 25.6 Å². The molecule has 1 aliphatic carbocycles. The number of rotatable bonds is 13. The van der Waals surface area contributed by atoms with Crippen LogP contribution < -0.4 is 19.7 Å². The van der Waals surface area contributed by atoms with E-state index in [0.717, 1.165) is 80.2 Å². The van der Waals surface area contributed by atoms with Crippen molar-refractivity contribution in [2.24, 2.45) is 5.92 Å². The van der Waals surface area contributed by atoms with Crippen LogP contribution in [0.4, 0.5) is 11.4 Å². The van der Waals surface area contributed by atoms with Crippen molar-refractivity contribution < 1.29 is 23.7 Å². The third kappa shape index (κ3) is 8.05. The quantitative estimate of drug-likeness (QED) is 0.227. The summed E-state index contributed by atoms with van der Waals surface area (Å²) in [7, 11) is 3.44. The number of carbonyl (C=O) groups is 1. The van der Waals surface area contributed by atoms with Crippen LogP contribution in [0.3, 0.4) is 0 Å². The average molecular weight is 573 g/mol. The minimum Gasteiger partial charge on any atom is -0.497 e. The number of fused-ring (bicyclic) bond motifs is 1. The second-order valence-electron chi connectivity index (χ2n) is 11.3. The lowest BCUT2D eigenvalue weighted by Crippen LogP contribution is -2.34. The minimum atomic E-state index is 0.0771. The van der Waals surface area contributed by atoms with Gasteiger partial charge >= 0.3 is 0 Å². The second-order valence-corrected chi connectivity index (χ2v) is 11.3. The van der Waals surface area contributed by atoms with Crippen LogP contribution in [0.25, 0.3) is 0 Å². The molecular formula is C35H44N2O5. The van der Waals surface area contributed by atoms with Gasteiger partial charge < -0.3 is 29.2 Å². The monoisotopic (exact) mass is 572 g/mol. The van der Waals surface area contributed by atoms with E-state index in [-0.39, 0.29) is 17.9 Å². The molecule has 5 rings (SSSR count). The van der Waals surface area contributed by atoms with Crippen molar-refractivity contribution in [3.63, 3.8) is 0 Å². The number of hydrogen-bond donors (Lipinski definition) is 1. The van der Waals surface area contributed by atoms with Crippen LogP contribution in [0, 0.1) is 5.92 Å². The standard InChI is InChI=1S/C35H44N2O5/c1-39-21-6-19-37-20-22-41-34-17-10-27(24-32(34)37)25-42-33-16-9-26(11-18-35(38)36-29-7-4-3-5-8-29)23-31(33)28-12-14-30(40-2)15-13-28/h3-5,7-8,10,12-15,17,24,26,31,33H,6,9,11,16,18-23,25H2,1-2H3,(H,36,38)/t26-,31-,33+/m1/s1. The molecule has 0 bridgehead atoms. The van der Waals surface area contributed by atoms with Crippen molar-refractivity contribution in [2.75, 3.05) is 50.7 Å². The van der Waals surface area contributed by atoms with Crippen molar-refractivity contribution in [1.82, 2.24) is 0 Å². The number of para-hydroxylation sites is 1. The molecule has 7 nitrogen and oxygen atoms in total. The van der Waals surface area contributed by atoms with Crippen molar-refractivity contribution in [3.8, 4) is 11.5 Å². The fourth-order valence-corrected chi connectivity index (χ4v) is 6.22. The molecule has 224 valence electrons. The first kappa shape index (κ1) is 29.9. The third-order valence-electron chi connectivity index (χ3n) is 8.50. The molecule has 7 heteroatoms. The first-order valence-corrected chi connectivity index (χ1v) is 15.2. The summed E-state index contributed by atoms with van der Waals surface area (Å²) in [6.07, 6.45) is 5.52. The van der Waals surface area contributed by atoms with Gasteiger partial charge in [-0.25, -0.2) is 0 Å². The second kappa shape index (κ2) is 15.1. The number of methoxy groups -OCH3 is 2. The van der Waals surface area contributed by atoms with Crippen LogP contribution in [0.15, 0.2) is 72.8 Å². The van der Waals surface area contributed by atoms with Gasteiger partial charge in [-0.15, -0.1) is 0 Å². The van der Waals surface area contributed by atoms with Crippen molar-refractivity contribution in [1.29, 1.82) is 0 Å². The van der Waals surface area contributed by atoms with E-state index in [2.05, 4.69) is 40.5 Å². The number of carbonyl (C=O) groups excluding carboxylic acids is 1. The normalized spacial score (nSPS) is 20.0. The molecule has 3 atom stereocenters. The van der Waals surface area contributed by atoms with Crippen LogP contribution in [-0.2, 0) is 20.9 Å². The van der Waals surface area contributed by atoms with Gasteiger partial charge in [0.05, 0.1) is 32.1 Å². The van der Waals surface area contributed by atoms with Gasteiger partial charge in [-0.05, 0) is 85.5 Å². The Bertz CT molecular complexity index is 1270. The number of nitrogens with zero attached hydrogens (tertiary/aromatic N) is 1. The Balaban J connectivity index is 1.22. The number of ether oxygens (including phenoxy) is 4. The van der Waals surface area contributed by atoms with E-state index in [1.165, 1.54) is 5.56 Å². The fourth-order valence-electron chi connectivity index (χ4n) is 6.22. The van der Waals surface area contributed by atoms with Crippen LogP contribution in [-0.4, -0.2) is 52.5 Å². The predicted molar refractivity (Wildman–Crippen MR) is 167 cm³/mol. The van der Waals surface area contributed by atoms with Crippen molar-refractivity contribution in [3.05, 3.63) is 83.9 Å². The summed E-state index contributed by atoms with van der Waals surface area (Å²) in [6.45, 7) is 3.84. The van der Waals surface area contributed by atoms with Crippen LogP contribution in [0.2, 0.25) is 0 Å².